The molecule has 2 heterocycles. The first-order chi connectivity index (χ1) is 12.5. The Bertz CT molecular complexity index is 985. The summed E-state index contributed by atoms with van der Waals surface area (Å²) in [5, 5.41) is 12.1. The number of carbonyl (C=O) groups excluding carboxylic acids is 2. The first-order valence-corrected chi connectivity index (χ1v) is 9.18. The Balaban J connectivity index is 1.71. The van der Waals surface area contributed by atoms with Crippen LogP contribution in [0.4, 0.5) is 11.4 Å². The van der Waals surface area contributed by atoms with E-state index in [1.54, 1.807) is 24.3 Å². The van der Waals surface area contributed by atoms with Crippen molar-refractivity contribution in [2.45, 2.75) is 6.92 Å². The molecule has 8 heteroatoms. The lowest BCUT2D eigenvalue weighted by molar-refractivity contribution is -0.115. The largest absolute Gasteiger partial charge is 0.320 e. The van der Waals surface area contributed by atoms with Gasteiger partial charge in [0.15, 0.2) is 10.9 Å². The standard InChI is InChI=1S/C18H13ClN4O2S/c1-10-2-7-14-13(8-10)16(17(25)20-14)21-22-18-23(15(24)9-26-18)12-5-3-11(19)4-6-12/h2-8H,9H2,1H3,(H,20,21,25). The zero-order valence-corrected chi connectivity index (χ0v) is 15.3. The maximum absolute atomic E-state index is 12.2. The molecule has 0 spiro atoms. The number of halogens is 1. The summed E-state index contributed by atoms with van der Waals surface area (Å²) < 4.78 is 0. The number of amidine groups is 1. The van der Waals surface area contributed by atoms with Crippen molar-refractivity contribution in [2.75, 3.05) is 16.0 Å². The van der Waals surface area contributed by atoms with Crippen LogP contribution in [0.5, 0.6) is 0 Å². The smallest absolute Gasteiger partial charge is 0.276 e. The van der Waals surface area contributed by atoms with Gasteiger partial charge >= 0.3 is 0 Å². The number of thioether (sulfide) groups is 1. The average molecular weight is 385 g/mol. The molecule has 0 aliphatic carbocycles. The minimum atomic E-state index is -0.303. The molecule has 1 saturated heterocycles. The minimum Gasteiger partial charge on any atom is -0.320 e. The van der Waals surface area contributed by atoms with E-state index in [0.29, 0.717) is 27.1 Å². The number of rotatable bonds is 2. The van der Waals surface area contributed by atoms with Gasteiger partial charge in [-0.05, 0) is 43.3 Å². The third-order valence-electron chi connectivity index (χ3n) is 3.98. The van der Waals surface area contributed by atoms with Crippen LogP contribution in [0.2, 0.25) is 5.02 Å². The van der Waals surface area contributed by atoms with E-state index in [9.17, 15) is 9.59 Å². The average Bonchev–Trinajstić information content (AvgIpc) is 3.13. The maximum Gasteiger partial charge on any atom is 0.276 e. The van der Waals surface area contributed by atoms with Crippen LogP contribution < -0.4 is 10.2 Å². The molecule has 2 aliphatic rings. The van der Waals surface area contributed by atoms with Crippen molar-refractivity contribution in [3.05, 3.63) is 58.6 Å². The fourth-order valence-electron chi connectivity index (χ4n) is 2.74. The summed E-state index contributed by atoms with van der Waals surface area (Å²) >= 11 is 7.19. The highest BCUT2D eigenvalue weighted by Gasteiger charge is 2.31. The molecule has 1 N–H and O–H groups in total. The molecule has 6 nitrogen and oxygen atoms in total. The molecule has 130 valence electrons. The number of aryl methyl sites for hydroxylation is 1. The van der Waals surface area contributed by atoms with Gasteiger partial charge in [-0.2, -0.15) is 0 Å². The van der Waals surface area contributed by atoms with E-state index in [0.717, 1.165) is 5.56 Å². The molecule has 1 fully saturated rings. The molecule has 0 radical (unpaired) electrons. The molecular formula is C18H13ClN4O2S. The Morgan fingerprint density at radius 3 is 2.65 bits per heavy atom. The molecule has 0 atom stereocenters. The van der Waals surface area contributed by atoms with Crippen LogP contribution in [-0.2, 0) is 9.59 Å². The van der Waals surface area contributed by atoms with Gasteiger partial charge in [-0.3, -0.25) is 14.5 Å². The van der Waals surface area contributed by atoms with E-state index in [2.05, 4.69) is 15.5 Å². The predicted octanol–water partition coefficient (Wildman–Crippen LogP) is 3.44. The molecule has 2 aromatic carbocycles. The van der Waals surface area contributed by atoms with E-state index < -0.39 is 0 Å². The quantitative estimate of drug-likeness (QED) is 0.806. The lowest BCUT2D eigenvalue weighted by Crippen LogP contribution is -2.29. The monoisotopic (exact) mass is 384 g/mol. The molecule has 0 bridgehead atoms. The number of fused-ring (bicyclic) bond motifs is 1. The van der Waals surface area contributed by atoms with E-state index in [-0.39, 0.29) is 23.3 Å². The van der Waals surface area contributed by atoms with Crippen molar-refractivity contribution >= 4 is 57.4 Å². The van der Waals surface area contributed by atoms with Crippen molar-refractivity contribution in [3.8, 4) is 0 Å². The van der Waals surface area contributed by atoms with Gasteiger partial charge in [0.2, 0.25) is 5.91 Å². The Kier molecular flexibility index (Phi) is 4.26. The molecule has 4 rings (SSSR count). The minimum absolute atomic E-state index is 0.0941. The predicted molar refractivity (Wildman–Crippen MR) is 105 cm³/mol. The summed E-state index contributed by atoms with van der Waals surface area (Å²) in [7, 11) is 0. The van der Waals surface area contributed by atoms with Crippen molar-refractivity contribution in [3.63, 3.8) is 0 Å². The van der Waals surface area contributed by atoms with Crippen LogP contribution in [0.15, 0.2) is 52.7 Å². The summed E-state index contributed by atoms with van der Waals surface area (Å²) in [4.78, 5) is 25.9. The van der Waals surface area contributed by atoms with Crippen LogP contribution in [0.1, 0.15) is 11.1 Å². The Morgan fingerprint density at radius 1 is 1.12 bits per heavy atom. The van der Waals surface area contributed by atoms with E-state index in [1.807, 2.05) is 25.1 Å². The summed E-state index contributed by atoms with van der Waals surface area (Å²) in [6.45, 7) is 1.94. The Hall–Kier alpha value is -2.64. The molecule has 2 amide bonds. The first-order valence-electron chi connectivity index (χ1n) is 7.82. The van der Waals surface area contributed by atoms with Gasteiger partial charge in [0.1, 0.15) is 0 Å². The molecule has 0 saturated carbocycles. The van der Waals surface area contributed by atoms with Crippen molar-refractivity contribution in [1.82, 2.24) is 0 Å². The van der Waals surface area contributed by atoms with E-state index >= 15 is 0 Å². The number of amides is 2. The number of hydrogen-bond donors (Lipinski definition) is 1. The van der Waals surface area contributed by atoms with Crippen molar-refractivity contribution in [1.29, 1.82) is 0 Å². The number of anilines is 2. The molecule has 0 unspecified atom stereocenters. The number of benzene rings is 2. The van der Waals surface area contributed by atoms with Gasteiger partial charge in [-0.15, -0.1) is 10.2 Å². The fourth-order valence-corrected chi connectivity index (χ4v) is 3.68. The summed E-state index contributed by atoms with van der Waals surface area (Å²) in [5.41, 5.74) is 3.35. The fraction of sp³-hybridized carbons (Fsp3) is 0.111. The third kappa shape index (κ3) is 3.00. The lowest BCUT2D eigenvalue weighted by Gasteiger charge is -2.15. The first kappa shape index (κ1) is 16.8. The SMILES string of the molecule is Cc1ccc2c(c1)C(=NN=C1SCC(=O)N1c1ccc(Cl)cc1)C(=O)N2. The lowest BCUT2D eigenvalue weighted by atomic mass is 10.1. The van der Waals surface area contributed by atoms with Gasteiger partial charge < -0.3 is 5.32 Å². The summed E-state index contributed by atoms with van der Waals surface area (Å²) in [6.07, 6.45) is 0. The van der Waals surface area contributed by atoms with Crippen LogP contribution >= 0.6 is 23.4 Å². The Labute approximate surface area is 158 Å². The van der Waals surface area contributed by atoms with E-state index in [1.165, 1.54) is 16.7 Å². The van der Waals surface area contributed by atoms with Gasteiger partial charge in [0, 0.05) is 10.6 Å². The topological polar surface area (TPSA) is 74.1 Å². The Morgan fingerprint density at radius 2 is 1.88 bits per heavy atom. The molecular weight excluding hydrogens is 372 g/mol. The van der Waals surface area contributed by atoms with Crippen LogP contribution in [0, 0.1) is 6.92 Å². The number of nitrogens with one attached hydrogen (secondary N) is 1. The number of carbonyl (C=O) groups is 2. The van der Waals surface area contributed by atoms with Crippen molar-refractivity contribution < 1.29 is 9.59 Å². The van der Waals surface area contributed by atoms with E-state index in [4.69, 9.17) is 11.6 Å². The normalized spacial score (nSPS) is 19.4. The second-order valence-electron chi connectivity index (χ2n) is 5.83. The summed E-state index contributed by atoms with van der Waals surface area (Å²) in [5.74, 6) is -0.125. The molecule has 2 aliphatic heterocycles. The number of nitrogens with zero attached hydrogens (tertiary/aromatic N) is 3. The molecule has 26 heavy (non-hydrogen) atoms. The summed E-state index contributed by atoms with van der Waals surface area (Å²) in [6, 6.07) is 12.6. The second kappa shape index (κ2) is 6.59. The van der Waals surface area contributed by atoms with Crippen LogP contribution in [0.25, 0.3) is 0 Å². The highest BCUT2D eigenvalue weighted by atomic mass is 35.5. The zero-order valence-electron chi connectivity index (χ0n) is 13.7. The molecule has 2 aromatic rings. The van der Waals surface area contributed by atoms with Gasteiger partial charge in [0.05, 0.1) is 17.1 Å². The highest BCUT2D eigenvalue weighted by molar-refractivity contribution is 8.15. The maximum atomic E-state index is 12.2. The zero-order chi connectivity index (χ0) is 18.3. The van der Waals surface area contributed by atoms with Crippen LogP contribution in [0.3, 0.4) is 0 Å². The van der Waals surface area contributed by atoms with Gasteiger partial charge in [0.25, 0.3) is 5.91 Å². The van der Waals surface area contributed by atoms with Gasteiger partial charge in [-0.1, -0.05) is 35.0 Å². The van der Waals surface area contributed by atoms with Gasteiger partial charge in [-0.25, -0.2) is 0 Å². The third-order valence-corrected chi connectivity index (χ3v) is 5.14. The van der Waals surface area contributed by atoms with Crippen molar-refractivity contribution in [2.24, 2.45) is 10.2 Å². The highest BCUT2D eigenvalue weighted by Crippen LogP contribution is 2.29. The number of hydrogen-bond acceptors (Lipinski definition) is 5. The van der Waals surface area contributed by atoms with Crippen LogP contribution in [-0.4, -0.2) is 28.4 Å². The second-order valence-corrected chi connectivity index (χ2v) is 7.21. The molecule has 0 aromatic heterocycles.